The van der Waals surface area contributed by atoms with Crippen LogP contribution >= 0.6 is 11.6 Å². The average Bonchev–Trinajstić information content (AvgIpc) is 3.25. The number of benzene rings is 3. The fourth-order valence-electron chi connectivity index (χ4n) is 6.79. The number of carbonyl (C=O) groups excluding carboxylic acids is 3. The highest BCUT2D eigenvalue weighted by Crippen LogP contribution is 2.63. The Hall–Kier alpha value is -4.62. The van der Waals surface area contributed by atoms with Crippen molar-refractivity contribution in [2.45, 2.75) is 18.3 Å². The molecular weight excluding hydrogens is 524 g/mol. The number of rotatable bonds is 4. The summed E-state index contributed by atoms with van der Waals surface area (Å²) in [5.74, 6) is -2.65. The molecule has 0 spiro atoms. The first kappa shape index (κ1) is 24.4. The van der Waals surface area contributed by atoms with Gasteiger partial charge in [-0.3, -0.25) is 19.4 Å². The number of hydrazone groups is 1. The molecule has 3 aromatic carbocycles. The first-order valence-corrected chi connectivity index (χ1v) is 13.4. The van der Waals surface area contributed by atoms with Gasteiger partial charge >= 0.3 is 0 Å². The standard InChI is InChI=1S/C32H23ClN4O3/c1-18-10-11-20(16-25(18)33)37-30(39)27-26-21-6-2-4-8-23(21)32(28(27)31(37)40,24-9-5-3-7-22(24)26)17-35-36-29(38)19-12-14-34-15-13-19/h2-17,26-28H,1H3,(H,36,38)/b35-17+. The van der Waals surface area contributed by atoms with E-state index in [0.717, 1.165) is 27.8 Å². The van der Waals surface area contributed by atoms with Gasteiger partial charge in [0.25, 0.3) is 5.91 Å². The van der Waals surface area contributed by atoms with Crippen molar-refractivity contribution in [3.63, 3.8) is 0 Å². The van der Waals surface area contributed by atoms with Crippen molar-refractivity contribution in [1.29, 1.82) is 0 Å². The van der Waals surface area contributed by atoms with Gasteiger partial charge in [0.1, 0.15) is 0 Å². The third kappa shape index (κ3) is 3.27. The zero-order chi connectivity index (χ0) is 27.6. The number of carbonyl (C=O) groups is 3. The number of nitrogens with one attached hydrogen (secondary N) is 1. The summed E-state index contributed by atoms with van der Waals surface area (Å²) < 4.78 is 0. The monoisotopic (exact) mass is 546 g/mol. The molecule has 3 aliphatic carbocycles. The van der Waals surface area contributed by atoms with Gasteiger partial charge in [-0.25, -0.2) is 10.3 Å². The van der Waals surface area contributed by atoms with Crippen molar-refractivity contribution in [3.05, 3.63) is 130 Å². The van der Waals surface area contributed by atoms with E-state index >= 15 is 0 Å². The Labute approximate surface area is 235 Å². The molecule has 1 fully saturated rings. The molecule has 3 amide bonds. The predicted octanol–water partition coefficient (Wildman–Crippen LogP) is 5.01. The molecule has 7 nitrogen and oxygen atoms in total. The number of aryl methyl sites for hydroxylation is 1. The molecule has 0 saturated carbocycles. The number of nitrogens with zero attached hydrogens (tertiary/aromatic N) is 3. The largest absolute Gasteiger partial charge is 0.274 e. The van der Waals surface area contributed by atoms with E-state index in [9.17, 15) is 14.4 Å². The van der Waals surface area contributed by atoms with E-state index in [-0.39, 0.29) is 17.7 Å². The molecule has 1 N–H and O–H groups in total. The van der Waals surface area contributed by atoms with Crippen LogP contribution in [0.1, 0.15) is 44.1 Å². The maximum absolute atomic E-state index is 14.4. The topological polar surface area (TPSA) is 91.7 Å². The van der Waals surface area contributed by atoms with Gasteiger partial charge in [-0.05, 0) is 59.0 Å². The van der Waals surface area contributed by atoms with Gasteiger partial charge in [0.2, 0.25) is 11.8 Å². The molecular formula is C32H23ClN4O3. The van der Waals surface area contributed by atoms with Crippen LogP contribution in [-0.4, -0.2) is 28.9 Å². The number of aromatic nitrogens is 1. The van der Waals surface area contributed by atoms with Crippen molar-refractivity contribution in [2.24, 2.45) is 16.9 Å². The summed E-state index contributed by atoms with van der Waals surface area (Å²) in [6.07, 6.45) is 4.71. The van der Waals surface area contributed by atoms with Crippen LogP contribution in [0.3, 0.4) is 0 Å². The smallest absolute Gasteiger partial charge is 0.271 e. The summed E-state index contributed by atoms with van der Waals surface area (Å²) in [5, 5.41) is 4.92. The molecule has 0 radical (unpaired) electrons. The normalized spacial score (nSPS) is 24.1. The Kier molecular flexibility index (Phi) is 5.47. The zero-order valence-corrected chi connectivity index (χ0v) is 22.2. The van der Waals surface area contributed by atoms with E-state index in [1.807, 2.05) is 61.5 Å². The van der Waals surface area contributed by atoms with Crippen molar-refractivity contribution in [1.82, 2.24) is 10.4 Å². The van der Waals surface area contributed by atoms with Crippen LogP contribution in [0.5, 0.6) is 0 Å². The third-order valence-corrected chi connectivity index (χ3v) is 8.88. The van der Waals surface area contributed by atoms with Crippen molar-refractivity contribution in [2.75, 3.05) is 4.90 Å². The molecule has 40 heavy (non-hydrogen) atoms. The molecule has 2 atom stereocenters. The van der Waals surface area contributed by atoms with E-state index in [1.54, 1.807) is 30.5 Å². The van der Waals surface area contributed by atoms with Gasteiger partial charge in [-0.1, -0.05) is 66.2 Å². The van der Waals surface area contributed by atoms with Gasteiger partial charge in [0.15, 0.2) is 0 Å². The summed E-state index contributed by atoms with van der Waals surface area (Å²) in [7, 11) is 0. The van der Waals surface area contributed by atoms with Crippen LogP contribution in [0, 0.1) is 18.8 Å². The summed E-state index contributed by atoms with van der Waals surface area (Å²) in [5.41, 5.74) is 7.05. The van der Waals surface area contributed by atoms with Gasteiger partial charge in [0.05, 0.1) is 22.9 Å². The number of amides is 3. The van der Waals surface area contributed by atoms with Crippen molar-refractivity contribution in [3.8, 4) is 0 Å². The van der Waals surface area contributed by atoms with Crippen molar-refractivity contribution >= 4 is 41.2 Å². The van der Waals surface area contributed by atoms with E-state index in [4.69, 9.17) is 11.6 Å². The lowest BCUT2D eigenvalue weighted by atomic mass is 9.47. The quantitative estimate of drug-likeness (QED) is 0.221. The van der Waals surface area contributed by atoms with Crippen LogP contribution in [0.2, 0.25) is 5.02 Å². The van der Waals surface area contributed by atoms with E-state index in [2.05, 4.69) is 15.5 Å². The molecule has 4 aliphatic rings. The zero-order valence-electron chi connectivity index (χ0n) is 21.4. The number of pyridine rings is 1. The van der Waals surface area contributed by atoms with Crippen LogP contribution < -0.4 is 10.3 Å². The predicted molar refractivity (Wildman–Crippen MR) is 151 cm³/mol. The van der Waals surface area contributed by atoms with E-state index < -0.39 is 23.2 Å². The Balaban J connectivity index is 1.41. The lowest BCUT2D eigenvalue weighted by Gasteiger charge is -2.52. The van der Waals surface area contributed by atoms with Crippen LogP contribution in [0.4, 0.5) is 5.69 Å². The SMILES string of the molecule is Cc1ccc(N2C(=O)C3C4c5ccccc5C(/C=N/NC(=O)c5ccncc5)(c5ccccc54)C3C2=O)cc1Cl. The minimum Gasteiger partial charge on any atom is -0.274 e. The Morgan fingerprint density at radius 1 is 0.950 bits per heavy atom. The molecule has 1 aliphatic heterocycles. The van der Waals surface area contributed by atoms with Crippen LogP contribution in [0.25, 0.3) is 0 Å². The molecule has 196 valence electrons. The lowest BCUT2D eigenvalue weighted by Crippen LogP contribution is -2.54. The second-order valence-corrected chi connectivity index (χ2v) is 10.8. The first-order chi connectivity index (χ1) is 19.4. The summed E-state index contributed by atoms with van der Waals surface area (Å²) >= 11 is 6.42. The second kappa shape index (κ2) is 8.96. The van der Waals surface area contributed by atoms with E-state index in [0.29, 0.717) is 16.3 Å². The molecule has 8 rings (SSSR count). The van der Waals surface area contributed by atoms with E-state index in [1.165, 1.54) is 17.3 Å². The minimum absolute atomic E-state index is 0.262. The van der Waals surface area contributed by atoms with Gasteiger partial charge in [0, 0.05) is 35.1 Å². The second-order valence-electron chi connectivity index (χ2n) is 10.4. The molecule has 2 unspecified atom stereocenters. The maximum Gasteiger partial charge on any atom is 0.271 e. The summed E-state index contributed by atoms with van der Waals surface area (Å²) in [4.78, 5) is 46.7. The number of halogens is 1. The highest BCUT2D eigenvalue weighted by molar-refractivity contribution is 6.32. The van der Waals surface area contributed by atoms with Gasteiger partial charge in [-0.15, -0.1) is 0 Å². The Morgan fingerprint density at radius 3 is 2.25 bits per heavy atom. The molecule has 2 bridgehead atoms. The summed E-state index contributed by atoms with van der Waals surface area (Å²) in [6, 6.07) is 24.2. The minimum atomic E-state index is -1.08. The molecule has 2 heterocycles. The Morgan fingerprint density at radius 2 is 1.60 bits per heavy atom. The first-order valence-electron chi connectivity index (χ1n) is 13.0. The molecule has 8 heteroatoms. The van der Waals surface area contributed by atoms with Crippen LogP contribution in [0.15, 0.2) is 96.4 Å². The number of anilines is 1. The Bertz CT molecular complexity index is 1700. The fraction of sp³-hybridized carbons (Fsp3) is 0.156. The molecule has 1 saturated heterocycles. The fourth-order valence-corrected chi connectivity index (χ4v) is 6.96. The molecule has 4 aromatic rings. The highest BCUT2D eigenvalue weighted by atomic mass is 35.5. The number of hydrogen-bond donors (Lipinski definition) is 1. The van der Waals surface area contributed by atoms with Crippen molar-refractivity contribution < 1.29 is 14.4 Å². The number of hydrogen-bond acceptors (Lipinski definition) is 5. The third-order valence-electron chi connectivity index (χ3n) is 8.47. The highest BCUT2D eigenvalue weighted by Gasteiger charge is 2.68. The number of imide groups is 1. The lowest BCUT2D eigenvalue weighted by molar-refractivity contribution is -0.122. The van der Waals surface area contributed by atoms with Crippen LogP contribution in [-0.2, 0) is 15.0 Å². The molecule has 1 aromatic heterocycles. The maximum atomic E-state index is 14.4. The van der Waals surface area contributed by atoms with Gasteiger partial charge in [-0.2, -0.15) is 5.10 Å². The summed E-state index contributed by atoms with van der Waals surface area (Å²) in [6.45, 7) is 1.87. The average molecular weight is 547 g/mol. The van der Waals surface area contributed by atoms with Gasteiger partial charge < -0.3 is 0 Å².